The van der Waals surface area contributed by atoms with E-state index in [2.05, 4.69) is 78.9 Å². The third-order valence-electron chi connectivity index (χ3n) is 5.99. The normalized spacial score (nSPS) is 14.9. The molecule has 1 saturated heterocycles. The molecule has 0 unspecified atom stereocenters. The molecule has 2 aromatic carbocycles. The Bertz CT molecular complexity index is 1170. The van der Waals surface area contributed by atoms with E-state index >= 15 is 0 Å². The van der Waals surface area contributed by atoms with Crippen LogP contribution in [0.2, 0.25) is 0 Å². The van der Waals surface area contributed by atoms with E-state index < -0.39 is 0 Å². The number of pyridine rings is 1. The van der Waals surface area contributed by atoms with Crippen LogP contribution in [0.5, 0.6) is 0 Å². The van der Waals surface area contributed by atoms with Gasteiger partial charge in [0.25, 0.3) is 0 Å². The van der Waals surface area contributed by atoms with Gasteiger partial charge in [-0.05, 0) is 73.3 Å². The summed E-state index contributed by atoms with van der Waals surface area (Å²) in [5, 5.41) is 8.25. The van der Waals surface area contributed by atoms with Gasteiger partial charge in [-0.15, -0.1) is 5.10 Å². The van der Waals surface area contributed by atoms with Crippen molar-refractivity contribution in [1.82, 2.24) is 19.9 Å². The minimum absolute atomic E-state index is 0.618. The fourth-order valence-corrected chi connectivity index (χ4v) is 4.29. The largest absolute Gasteiger partial charge is 0.378 e. The predicted molar refractivity (Wildman–Crippen MR) is 123 cm³/mol. The zero-order valence-electron chi connectivity index (χ0n) is 17.5. The van der Waals surface area contributed by atoms with Crippen molar-refractivity contribution in [1.29, 1.82) is 0 Å². The number of hydrogen-bond donors (Lipinski definition) is 1. The molecule has 0 saturated carbocycles. The molecule has 0 aliphatic carbocycles. The quantitative estimate of drug-likeness (QED) is 0.547. The van der Waals surface area contributed by atoms with E-state index in [1.807, 2.05) is 16.8 Å². The molecule has 0 radical (unpaired) electrons. The molecule has 5 heteroatoms. The van der Waals surface area contributed by atoms with Crippen LogP contribution >= 0.6 is 0 Å². The van der Waals surface area contributed by atoms with Crippen LogP contribution in [-0.2, 0) is 0 Å². The van der Waals surface area contributed by atoms with Gasteiger partial charge in [-0.1, -0.05) is 30.3 Å². The zero-order chi connectivity index (χ0) is 20.5. The first kappa shape index (κ1) is 18.8. The van der Waals surface area contributed by atoms with Crippen LogP contribution in [-0.4, -0.2) is 41.8 Å². The summed E-state index contributed by atoms with van der Waals surface area (Å²) in [6.07, 6.45) is 4.35. The summed E-state index contributed by atoms with van der Waals surface area (Å²) < 4.78 is 1.89. The molecule has 152 valence electrons. The molecule has 5 nitrogen and oxygen atoms in total. The van der Waals surface area contributed by atoms with Gasteiger partial charge in [0.2, 0.25) is 0 Å². The highest BCUT2D eigenvalue weighted by atomic mass is 15.3. The lowest BCUT2D eigenvalue weighted by Gasteiger charge is -2.23. The first-order chi connectivity index (χ1) is 14.7. The van der Waals surface area contributed by atoms with Crippen molar-refractivity contribution in [3.63, 3.8) is 0 Å². The lowest BCUT2D eigenvalue weighted by Crippen LogP contribution is -2.26. The first-order valence-electron chi connectivity index (χ1n) is 10.6. The monoisotopic (exact) mass is 397 g/mol. The van der Waals surface area contributed by atoms with Crippen LogP contribution in [0.15, 0.2) is 66.9 Å². The molecule has 4 aromatic rings. The molecule has 1 N–H and O–H groups in total. The van der Waals surface area contributed by atoms with E-state index in [1.165, 1.54) is 24.1 Å². The number of rotatable bonds is 4. The van der Waals surface area contributed by atoms with Gasteiger partial charge >= 0.3 is 0 Å². The van der Waals surface area contributed by atoms with Crippen molar-refractivity contribution < 1.29 is 0 Å². The number of benzene rings is 2. The molecular weight excluding hydrogens is 370 g/mol. The van der Waals surface area contributed by atoms with Crippen LogP contribution in [0.1, 0.15) is 24.3 Å². The van der Waals surface area contributed by atoms with E-state index in [9.17, 15) is 0 Å². The lowest BCUT2D eigenvalue weighted by atomic mass is 9.89. The fraction of sp³-hybridized carbons (Fsp3) is 0.280. The smallest absolute Gasteiger partial charge is 0.182 e. The Hall–Kier alpha value is -3.18. The number of piperidine rings is 1. The van der Waals surface area contributed by atoms with Crippen molar-refractivity contribution in [2.24, 2.45) is 0 Å². The SMILES string of the molecule is CN(C)c1cccc(-c2cccn3nc(-c4cccc(C5CCNCC5)c4)nc23)c1. The second-order valence-electron chi connectivity index (χ2n) is 8.22. The summed E-state index contributed by atoms with van der Waals surface area (Å²) in [7, 11) is 4.12. The van der Waals surface area contributed by atoms with E-state index in [1.54, 1.807) is 0 Å². The minimum Gasteiger partial charge on any atom is -0.378 e. The summed E-state index contributed by atoms with van der Waals surface area (Å²) >= 11 is 0. The second kappa shape index (κ2) is 7.92. The van der Waals surface area contributed by atoms with Crippen molar-refractivity contribution >= 4 is 11.3 Å². The Morgan fingerprint density at radius 1 is 0.933 bits per heavy atom. The fourth-order valence-electron chi connectivity index (χ4n) is 4.29. The molecule has 1 aliphatic rings. The summed E-state index contributed by atoms with van der Waals surface area (Å²) in [6.45, 7) is 2.19. The summed E-state index contributed by atoms with van der Waals surface area (Å²) in [6, 6.07) is 21.5. The Morgan fingerprint density at radius 3 is 2.57 bits per heavy atom. The average Bonchev–Trinajstić information content (AvgIpc) is 3.24. The maximum absolute atomic E-state index is 4.95. The summed E-state index contributed by atoms with van der Waals surface area (Å²) in [5.41, 5.74) is 6.78. The molecule has 1 fully saturated rings. The number of fused-ring (bicyclic) bond motifs is 1. The highest BCUT2D eigenvalue weighted by molar-refractivity contribution is 5.80. The van der Waals surface area contributed by atoms with E-state index in [0.29, 0.717) is 5.92 Å². The number of nitrogens with zero attached hydrogens (tertiary/aromatic N) is 4. The topological polar surface area (TPSA) is 45.5 Å². The van der Waals surface area contributed by atoms with Gasteiger partial charge in [-0.2, -0.15) is 0 Å². The zero-order valence-corrected chi connectivity index (χ0v) is 17.5. The minimum atomic E-state index is 0.618. The number of anilines is 1. The average molecular weight is 398 g/mol. The molecule has 0 bridgehead atoms. The van der Waals surface area contributed by atoms with Gasteiger partial charge < -0.3 is 10.2 Å². The Kier molecular flexibility index (Phi) is 4.97. The maximum atomic E-state index is 4.95. The second-order valence-corrected chi connectivity index (χ2v) is 8.22. The Labute approximate surface area is 177 Å². The van der Waals surface area contributed by atoms with E-state index in [-0.39, 0.29) is 0 Å². The van der Waals surface area contributed by atoms with Crippen molar-refractivity contribution in [2.75, 3.05) is 32.1 Å². The van der Waals surface area contributed by atoms with Crippen LogP contribution in [0, 0.1) is 0 Å². The molecular formula is C25H27N5. The third kappa shape index (κ3) is 3.57. The van der Waals surface area contributed by atoms with Gasteiger partial charge in [0.05, 0.1) is 0 Å². The standard InChI is InChI=1S/C25H27N5/c1-29(2)22-9-4-7-20(17-22)23-10-5-15-30-25(23)27-24(28-30)21-8-3-6-19(16-21)18-11-13-26-14-12-18/h3-10,15-18,26H,11-14H2,1-2H3. The number of nitrogens with one attached hydrogen (secondary N) is 1. The van der Waals surface area contributed by atoms with Crippen molar-refractivity contribution in [2.45, 2.75) is 18.8 Å². The van der Waals surface area contributed by atoms with Gasteiger partial charge in [0.15, 0.2) is 11.5 Å². The Balaban J connectivity index is 1.55. The molecule has 5 rings (SSSR count). The van der Waals surface area contributed by atoms with Crippen LogP contribution < -0.4 is 10.2 Å². The number of aromatic nitrogens is 3. The highest BCUT2D eigenvalue weighted by Gasteiger charge is 2.17. The highest BCUT2D eigenvalue weighted by Crippen LogP contribution is 2.30. The Morgan fingerprint density at radius 2 is 1.73 bits per heavy atom. The van der Waals surface area contributed by atoms with E-state index in [0.717, 1.165) is 41.3 Å². The molecule has 30 heavy (non-hydrogen) atoms. The van der Waals surface area contributed by atoms with Gasteiger partial charge in [0, 0.05) is 37.1 Å². The first-order valence-corrected chi connectivity index (χ1v) is 10.6. The van der Waals surface area contributed by atoms with Crippen molar-refractivity contribution in [3.8, 4) is 22.5 Å². The van der Waals surface area contributed by atoms with Crippen LogP contribution in [0.25, 0.3) is 28.2 Å². The predicted octanol–water partition coefficient (Wildman–Crippen LogP) is 4.60. The summed E-state index contributed by atoms with van der Waals surface area (Å²) in [4.78, 5) is 7.06. The molecule has 3 heterocycles. The molecule has 1 aliphatic heterocycles. The molecule has 2 aromatic heterocycles. The molecule has 0 atom stereocenters. The van der Waals surface area contributed by atoms with Crippen LogP contribution in [0.4, 0.5) is 5.69 Å². The molecule has 0 spiro atoms. The van der Waals surface area contributed by atoms with Gasteiger partial charge in [0.1, 0.15) is 0 Å². The van der Waals surface area contributed by atoms with Crippen molar-refractivity contribution in [3.05, 3.63) is 72.4 Å². The third-order valence-corrected chi connectivity index (χ3v) is 5.99. The summed E-state index contributed by atoms with van der Waals surface area (Å²) in [5.74, 6) is 1.40. The lowest BCUT2D eigenvalue weighted by molar-refractivity contribution is 0.460. The molecule has 0 amide bonds. The number of hydrogen-bond acceptors (Lipinski definition) is 4. The van der Waals surface area contributed by atoms with E-state index in [4.69, 9.17) is 10.1 Å². The van der Waals surface area contributed by atoms with Gasteiger partial charge in [-0.3, -0.25) is 0 Å². The van der Waals surface area contributed by atoms with Gasteiger partial charge in [-0.25, -0.2) is 9.50 Å². The maximum Gasteiger partial charge on any atom is 0.182 e. The van der Waals surface area contributed by atoms with Crippen LogP contribution in [0.3, 0.4) is 0 Å².